The van der Waals surface area contributed by atoms with Crippen LogP contribution in [0.1, 0.15) is 17.2 Å². The Morgan fingerprint density at radius 3 is 3.00 bits per heavy atom. The van der Waals surface area contributed by atoms with E-state index in [9.17, 15) is 9.18 Å². The number of benzene rings is 2. The van der Waals surface area contributed by atoms with E-state index in [2.05, 4.69) is 9.97 Å². The number of carbonyl (C=O) groups is 1. The second kappa shape index (κ2) is 5.08. The van der Waals surface area contributed by atoms with E-state index in [0.717, 1.165) is 22.2 Å². The summed E-state index contributed by atoms with van der Waals surface area (Å²) in [4.78, 5) is 20.9. The number of nitrogens with zero attached hydrogens (tertiary/aromatic N) is 2. The summed E-state index contributed by atoms with van der Waals surface area (Å²) in [6, 6.07) is 9.92. The molecule has 2 heterocycles. The number of hydrogen-bond acceptors (Lipinski definition) is 3. The number of halogens is 1. The van der Waals surface area contributed by atoms with Crippen molar-refractivity contribution in [1.29, 1.82) is 0 Å². The SMILES string of the molecule is Cc1cc(F)cc([C@H]2COC(=O)N2c2ccc3nc[nH]c3c2)c1. The molecule has 0 saturated carbocycles. The second-order valence-corrected chi connectivity index (χ2v) is 5.63. The molecule has 1 atom stereocenters. The van der Waals surface area contributed by atoms with E-state index in [1.165, 1.54) is 12.1 Å². The summed E-state index contributed by atoms with van der Waals surface area (Å²) in [5.74, 6) is -0.316. The highest BCUT2D eigenvalue weighted by molar-refractivity contribution is 5.93. The van der Waals surface area contributed by atoms with Gasteiger partial charge in [0.2, 0.25) is 0 Å². The summed E-state index contributed by atoms with van der Waals surface area (Å²) in [6.07, 6.45) is 1.17. The van der Waals surface area contributed by atoms with E-state index in [1.54, 1.807) is 11.2 Å². The molecule has 0 aliphatic carbocycles. The first kappa shape index (κ1) is 13.8. The first-order valence-corrected chi connectivity index (χ1v) is 7.28. The molecule has 1 aliphatic heterocycles. The molecule has 23 heavy (non-hydrogen) atoms. The third-order valence-corrected chi connectivity index (χ3v) is 4.00. The summed E-state index contributed by atoms with van der Waals surface area (Å²) in [5, 5.41) is 0. The normalized spacial score (nSPS) is 17.7. The average Bonchev–Trinajstić information content (AvgIpc) is 3.11. The molecule has 5 nitrogen and oxygen atoms in total. The summed E-state index contributed by atoms with van der Waals surface area (Å²) >= 11 is 0. The van der Waals surface area contributed by atoms with Crippen LogP contribution in [0.25, 0.3) is 11.0 Å². The predicted octanol–water partition coefficient (Wildman–Crippen LogP) is 3.71. The molecule has 1 fully saturated rings. The van der Waals surface area contributed by atoms with Gasteiger partial charge in [-0.2, -0.15) is 0 Å². The number of aromatic nitrogens is 2. The maximum Gasteiger partial charge on any atom is 0.415 e. The van der Waals surface area contributed by atoms with Crippen LogP contribution < -0.4 is 4.90 Å². The van der Waals surface area contributed by atoms with Gasteiger partial charge < -0.3 is 9.72 Å². The van der Waals surface area contributed by atoms with Crippen LogP contribution in [0.3, 0.4) is 0 Å². The largest absolute Gasteiger partial charge is 0.447 e. The van der Waals surface area contributed by atoms with E-state index in [-0.39, 0.29) is 18.5 Å². The van der Waals surface area contributed by atoms with E-state index >= 15 is 0 Å². The minimum absolute atomic E-state index is 0.197. The molecule has 1 amide bonds. The van der Waals surface area contributed by atoms with Crippen molar-refractivity contribution in [2.75, 3.05) is 11.5 Å². The predicted molar refractivity (Wildman–Crippen MR) is 83.8 cm³/mol. The van der Waals surface area contributed by atoms with Gasteiger partial charge in [-0.15, -0.1) is 0 Å². The highest BCUT2D eigenvalue weighted by atomic mass is 19.1. The van der Waals surface area contributed by atoms with Gasteiger partial charge in [-0.05, 0) is 48.4 Å². The summed E-state index contributed by atoms with van der Waals surface area (Å²) in [5.41, 5.74) is 3.87. The fourth-order valence-electron chi connectivity index (χ4n) is 2.98. The zero-order chi connectivity index (χ0) is 16.0. The molecule has 1 aliphatic rings. The number of hydrogen-bond donors (Lipinski definition) is 1. The van der Waals surface area contributed by atoms with Gasteiger partial charge in [-0.3, -0.25) is 4.90 Å². The van der Waals surface area contributed by atoms with E-state index < -0.39 is 6.09 Å². The highest BCUT2D eigenvalue weighted by Gasteiger charge is 2.35. The number of anilines is 1. The molecular formula is C17H14FN3O2. The highest BCUT2D eigenvalue weighted by Crippen LogP contribution is 2.34. The van der Waals surface area contributed by atoms with Gasteiger partial charge in [-0.1, -0.05) is 6.07 Å². The third-order valence-electron chi connectivity index (χ3n) is 4.00. The van der Waals surface area contributed by atoms with Crippen LogP contribution in [-0.2, 0) is 4.74 Å². The number of carbonyl (C=O) groups excluding carboxylic acids is 1. The fourth-order valence-corrected chi connectivity index (χ4v) is 2.98. The first-order valence-electron chi connectivity index (χ1n) is 7.28. The Labute approximate surface area is 131 Å². The van der Waals surface area contributed by atoms with Gasteiger partial charge in [0, 0.05) is 0 Å². The number of H-pyrrole nitrogens is 1. The molecule has 1 saturated heterocycles. The lowest BCUT2D eigenvalue weighted by molar-refractivity contribution is 0.179. The topological polar surface area (TPSA) is 58.2 Å². The number of cyclic esters (lactones) is 1. The Morgan fingerprint density at radius 2 is 2.17 bits per heavy atom. The number of nitrogens with one attached hydrogen (secondary N) is 1. The summed E-state index contributed by atoms with van der Waals surface area (Å²) < 4.78 is 18.9. The van der Waals surface area contributed by atoms with Gasteiger partial charge >= 0.3 is 6.09 Å². The van der Waals surface area contributed by atoms with Crippen molar-refractivity contribution < 1.29 is 13.9 Å². The fraction of sp³-hybridized carbons (Fsp3) is 0.176. The number of fused-ring (bicyclic) bond motifs is 1. The van der Waals surface area contributed by atoms with Gasteiger partial charge in [0.25, 0.3) is 0 Å². The molecule has 116 valence electrons. The number of ether oxygens (including phenoxy) is 1. The van der Waals surface area contributed by atoms with Crippen LogP contribution in [0.2, 0.25) is 0 Å². The van der Waals surface area contributed by atoms with E-state index in [0.29, 0.717) is 5.69 Å². The van der Waals surface area contributed by atoms with Crippen molar-refractivity contribution in [1.82, 2.24) is 9.97 Å². The van der Waals surface area contributed by atoms with Crippen LogP contribution in [0, 0.1) is 12.7 Å². The third kappa shape index (κ3) is 2.32. The zero-order valence-electron chi connectivity index (χ0n) is 12.4. The van der Waals surface area contributed by atoms with Crippen LogP contribution in [0.4, 0.5) is 14.9 Å². The van der Waals surface area contributed by atoms with Crippen molar-refractivity contribution in [2.24, 2.45) is 0 Å². The number of aryl methyl sites for hydroxylation is 1. The van der Waals surface area contributed by atoms with Gasteiger partial charge in [-0.25, -0.2) is 14.2 Å². The smallest absolute Gasteiger partial charge is 0.415 e. The molecule has 0 bridgehead atoms. The molecule has 4 rings (SSSR count). The molecule has 1 aromatic heterocycles. The van der Waals surface area contributed by atoms with Crippen molar-refractivity contribution >= 4 is 22.8 Å². The molecule has 0 radical (unpaired) electrons. The van der Waals surface area contributed by atoms with Crippen molar-refractivity contribution in [3.63, 3.8) is 0 Å². The molecule has 0 unspecified atom stereocenters. The maximum absolute atomic E-state index is 13.7. The van der Waals surface area contributed by atoms with Crippen LogP contribution in [0.5, 0.6) is 0 Å². The first-order chi connectivity index (χ1) is 11.1. The molecule has 6 heteroatoms. The molecule has 3 aromatic rings. The van der Waals surface area contributed by atoms with Crippen LogP contribution in [0.15, 0.2) is 42.7 Å². The minimum Gasteiger partial charge on any atom is -0.447 e. The number of imidazole rings is 1. The number of aromatic amines is 1. The standard InChI is InChI=1S/C17H14FN3O2/c1-10-4-11(6-12(18)5-10)16-8-23-17(22)21(16)13-2-3-14-15(7-13)20-9-19-14/h2-7,9,16H,8H2,1H3,(H,19,20)/t16-/m1/s1. The van der Waals surface area contributed by atoms with Crippen molar-refractivity contribution in [3.8, 4) is 0 Å². The van der Waals surface area contributed by atoms with Crippen molar-refractivity contribution in [2.45, 2.75) is 13.0 Å². The van der Waals surface area contributed by atoms with E-state index in [4.69, 9.17) is 4.74 Å². The van der Waals surface area contributed by atoms with Crippen LogP contribution >= 0.6 is 0 Å². The molecule has 1 N–H and O–H groups in total. The Bertz CT molecular complexity index is 885. The Morgan fingerprint density at radius 1 is 1.30 bits per heavy atom. The Balaban J connectivity index is 1.79. The number of rotatable bonds is 2. The minimum atomic E-state index is -0.434. The lowest BCUT2D eigenvalue weighted by Crippen LogP contribution is -2.27. The molecular weight excluding hydrogens is 297 g/mol. The zero-order valence-corrected chi connectivity index (χ0v) is 12.4. The molecule has 2 aromatic carbocycles. The Hall–Kier alpha value is -2.89. The second-order valence-electron chi connectivity index (χ2n) is 5.63. The monoisotopic (exact) mass is 311 g/mol. The quantitative estimate of drug-likeness (QED) is 0.785. The average molecular weight is 311 g/mol. The lowest BCUT2D eigenvalue weighted by Gasteiger charge is -2.22. The maximum atomic E-state index is 13.7. The Kier molecular flexibility index (Phi) is 3.04. The summed E-state index contributed by atoms with van der Waals surface area (Å²) in [6.45, 7) is 2.02. The van der Waals surface area contributed by atoms with Crippen molar-refractivity contribution in [3.05, 3.63) is 59.7 Å². The lowest BCUT2D eigenvalue weighted by atomic mass is 10.0. The summed E-state index contributed by atoms with van der Waals surface area (Å²) in [7, 11) is 0. The molecule has 0 spiro atoms. The number of amides is 1. The van der Waals surface area contributed by atoms with E-state index in [1.807, 2.05) is 31.2 Å². The van der Waals surface area contributed by atoms with Crippen LogP contribution in [-0.4, -0.2) is 22.7 Å². The van der Waals surface area contributed by atoms with Gasteiger partial charge in [0.1, 0.15) is 12.4 Å². The van der Waals surface area contributed by atoms with Gasteiger partial charge in [0.15, 0.2) is 0 Å². The van der Waals surface area contributed by atoms with Gasteiger partial charge in [0.05, 0.1) is 29.1 Å².